The predicted molar refractivity (Wildman–Crippen MR) is 53.5 cm³/mol. The van der Waals surface area contributed by atoms with Gasteiger partial charge in [0, 0.05) is 12.6 Å². The van der Waals surface area contributed by atoms with Crippen molar-refractivity contribution in [3.05, 3.63) is 0 Å². The van der Waals surface area contributed by atoms with Crippen LogP contribution >= 0.6 is 0 Å². The van der Waals surface area contributed by atoms with E-state index in [1.54, 1.807) is 0 Å². The van der Waals surface area contributed by atoms with Crippen molar-refractivity contribution in [3.63, 3.8) is 0 Å². The number of hydrogen-bond acceptors (Lipinski definition) is 3. The first-order valence-corrected chi connectivity index (χ1v) is 5.49. The fraction of sp³-hybridized carbons (Fsp3) is 0.909. The second-order valence-corrected chi connectivity index (χ2v) is 4.90. The first-order valence-electron chi connectivity index (χ1n) is 5.49. The second-order valence-electron chi connectivity index (χ2n) is 4.90. The predicted octanol–water partition coefficient (Wildman–Crippen LogP) is 1.18. The van der Waals surface area contributed by atoms with Gasteiger partial charge in [0.05, 0.1) is 17.1 Å². The summed E-state index contributed by atoms with van der Waals surface area (Å²) in [6.45, 7) is 2.71. The van der Waals surface area contributed by atoms with Crippen molar-refractivity contribution in [2.45, 2.75) is 50.7 Å². The third kappa shape index (κ3) is 1.25. The molecule has 0 aromatic rings. The summed E-state index contributed by atoms with van der Waals surface area (Å²) in [6, 6.07) is 2.83. The molecular weight excluding hydrogens is 176 g/mol. The average Bonchev–Trinajstić information content (AvgIpc) is 2.10. The molecule has 0 aromatic carbocycles. The molecule has 2 fully saturated rings. The van der Waals surface area contributed by atoms with Crippen molar-refractivity contribution in [2.24, 2.45) is 5.41 Å². The first kappa shape index (κ1) is 9.95. The molecular formula is C11H18N2O. The van der Waals surface area contributed by atoms with Crippen molar-refractivity contribution in [3.8, 4) is 6.07 Å². The number of nitrogens with zero attached hydrogens (tertiary/aromatic N) is 1. The van der Waals surface area contributed by atoms with Gasteiger partial charge in [0.15, 0.2) is 0 Å². The fourth-order valence-corrected chi connectivity index (χ4v) is 2.61. The van der Waals surface area contributed by atoms with Crippen LogP contribution in [-0.4, -0.2) is 23.3 Å². The molecule has 1 saturated carbocycles. The molecule has 14 heavy (non-hydrogen) atoms. The maximum absolute atomic E-state index is 10.5. The van der Waals surface area contributed by atoms with Crippen LogP contribution in [0.5, 0.6) is 0 Å². The number of nitriles is 1. The van der Waals surface area contributed by atoms with E-state index in [1.165, 1.54) is 0 Å². The highest BCUT2D eigenvalue weighted by Crippen LogP contribution is 2.51. The van der Waals surface area contributed by atoms with Crippen LogP contribution < -0.4 is 5.32 Å². The SMILES string of the molecule is CC1CCC(O)(C2(C#N)CCC2)CN1. The van der Waals surface area contributed by atoms with Crippen LogP contribution in [0.15, 0.2) is 0 Å². The van der Waals surface area contributed by atoms with Crippen molar-refractivity contribution < 1.29 is 5.11 Å². The van der Waals surface area contributed by atoms with Crippen LogP contribution in [0, 0.1) is 16.7 Å². The molecule has 3 heteroatoms. The van der Waals surface area contributed by atoms with Gasteiger partial charge in [-0.2, -0.15) is 5.26 Å². The minimum atomic E-state index is -0.771. The van der Waals surface area contributed by atoms with E-state index in [0.29, 0.717) is 12.6 Å². The first-order chi connectivity index (χ1) is 6.62. The zero-order valence-electron chi connectivity index (χ0n) is 8.71. The summed E-state index contributed by atoms with van der Waals surface area (Å²) in [5.41, 5.74) is -1.22. The normalized spacial score (nSPS) is 41.1. The molecule has 1 saturated heterocycles. The Bertz CT molecular complexity index is 257. The molecule has 2 aliphatic rings. The Kier molecular flexibility index (Phi) is 2.29. The Morgan fingerprint density at radius 1 is 1.43 bits per heavy atom. The van der Waals surface area contributed by atoms with E-state index in [1.807, 2.05) is 0 Å². The Morgan fingerprint density at radius 3 is 2.50 bits per heavy atom. The Labute approximate surface area is 85.1 Å². The summed E-state index contributed by atoms with van der Waals surface area (Å²) in [5, 5.41) is 22.9. The third-order valence-electron chi connectivity index (χ3n) is 4.05. The van der Waals surface area contributed by atoms with E-state index < -0.39 is 11.0 Å². The summed E-state index contributed by atoms with van der Waals surface area (Å²) in [6.07, 6.45) is 4.58. The van der Waals surface area contributed by atoms with Gasteiger partial charge in [-0.15, -0.1) is 0 Å². The average molecular weight is 194 g/mol. The van der Waals surface area contributed by atoms with Crippen molar-refractivity contribution >= 4 is 0 Å². The van der Waals surface area contributed by atoms with Gasteiger partial charge >= 0.3 is 0 Å². The van der Waals surface area contributed by atoms with Crippen LogP contribution in [0.4, 0.5) is 0 Å². The van der Waals surface area contributed by atoms with E-state index in [9.17, 15) is 10.4 Å². The molecule has 0 radical (unpaired) electrons. The van der Waals surface area contributed by atoms with Gasteiger partial charge in [-0.3, -0.25) is 0 Å². The van der Waals surface area contributed by atoms with E-state index in [0.717, 1.165) is 32.1 Å². The summed E-state index contributed by atoms with van der Waals surface area (Å²) in [7, 11) is 0. The van der Waals surface area contributed by atoms with E-state index >= 15 is 0 Å². The molecule has 0 amide bonds. The lowest BCUT2D eigenvalue weighted by atomic mass is 9.57. The van der Waals surface area contributed by atoms with Crippen molar-refractivity contribution in [1.82, 2.24) is 5.32 Å². The summed E-state index contributed by atoms with van der Waals surface area (Å²) < 4.78 is 0. The molecule has 1 aliphatic heterocycles. The van der Waals surface area contributed by atoms with E-state index in [4.69, 9.17) is 0 Å². The number of hydrogen-bond donors (Lipinski definition) is 2. The number of β-amino-alcohol motifs (C(OH)–C–C–N with tert-alkyl or cyclic N) is 1. The maximum Gasteiger partial charge on any atom is 0.0957 e. The quantitative estimate of drug-likeness (QED) is 0.659. The van der Waals surface area contributed by atoms with Crippen molar-refractivity contribution in [1.29, 1.82) is 5.26 Å². The largest absolute Gasteiger partial charge is 0.387 e. The summed E-state index contributed by atoms with van der Waals surface area (Å²) in [5.74, 6) is 0. The molecule has 2 N–H and O–H groups in total. The smallest absolute Gasteiger partial charge is 0.0957 e. The highest BCUT2D eigenvalue weighted by Gasteiger charge is 2.55. The summed E-state index contributed by atoms with van der Waals surface area (Å²) in [4.78, 5) is 0. The molecule has 0 aromatic heterocycles. The Balaban J connectivity index is 2.12. The van der Waals surface area contributed by atoms with Gasteiger partial charge in [-0.05, 0) is 32.6 Å². The summed E-state index contributed by atoms with van der Waals surface area (Å²) >= 11 is 0. The highest BCUT2D eigenvalue weighted by atomic mass is 16.3. The number of aliphatic hydroxyl groups is 1. The van der Waals surface area contributed by atoms with Crippen LogP contribution in [0.2, 0.25) is 0 Å². The topological polar surface area (TPSA) is 56.0 Å². The van der Waals surface area contributed by atoms with Crippen LogP contribution in [-0.2, 0) is 0 Å². The Hall–Kier alpha value is -0.590. The standard InChI is InChI=1S/C11H18N2O/c1-9-3-6-11(14,8-13-9)10(7-12)4-2-5-10/h9,13-14H,2-6,8H2,1H3. The van der Waals surface area contributed by atoms with Crippen molar-refractivity contribution in [2.75, 3.05) is 6.54 Å². The van der Waals surface area contributed by atoms with Gasteiger partial charge in [-0.25, -0.2) is 0 Å². The Morgan fingerprint density at radius 2 is 2.14 bits per heavy atom. The molecule has 1 aliphatic carbocycles. The lowest BCUT2D eigenvalue weighted by Crippen LogP contribution is -2.61. The molecule has 0 bridgehead atoms. The monoisotopic (exact) mass is 194 g/mol. The molecule has 78 valence electrons. The van der Waals surface area contributed by atoms with Crippen LogP contribution in [0.3, 0.4) is 0 Å². The lowest BCUT2D eigenvalue weighted by molar-refractivity contribution is -0.111. The zero-order valence-corrected chi connectivity index (χ0v) is 8.71. The van der Waals surface area contributed by atoms with Gasteiger partial charge in [-0.1, -0.05) is 6.42 Å². The van der Waals surface area contributed by atoms with Gasteiger partial charge in [0.2, 0.25) is 0 Å². The minimum Gasteiger partial charge on any atom is -0.387 e. The zero-order chi connectivity index (χ0) is 10.2. The lowest BCUT2D eigenvalue weighted by Gasteiger charge is -2.51. The molecule has 2 rings (SSSR count). The molecule has 0 spiro atoms. The number of rotatable bonds is 1. The van der Waals surface area contributed by atoms with E-state index in [-0.39, 0.29) is 0 Å². The van der Waals surface area contributed by atoms with Gasteiger partial charge < -0.3 is 10.4 Å². The molecule has 1 heterocycles. The van der Waals surface area contributed by atoms with Gasteiger partial charge in [0.25, 0.3) is 0 Å². The molecule has 3 nitrogen and oxygen atoms in total. The van der Waals surface area contributed by atoms with Crippen LogP contribution in [0.25, 0.3) is 0 Å². The number of nitrogens with one attached hydrogen (secondary N) is 1. The second kappa shape index (κ2) is 3.22. The van der Waals surface area contributed by atoms with E-state index in [2.05, 4.69) is 18.3 Å². The highest BCUT2D eigenvalue weighted by molar-refractivity contribution is 5.17. The molecule has 2 atom stereocenters. The van der Waals surface area contributed by atoms with Crippen LogP contribution in [0.1, 0.15) is 39.0 Å². The minimum absolute atomic E-state index is 0.444. The third-order valence-corrected chi connectivity index (χ3v) is 4.05. The van der Waals surface area contributed by atoms with Gasteiger partial charge in [0.1, 0.15) is 0 Å². The number of piperidine rings is 1. The maximum atomic E-state index is 10.5. The molecule has 2 unspecified atom stereocenters. The fourth-order valence-electron chi connectivity index (χ4n) is 2.61.